The first-order valence-electron chi connectivity index (χ1n) is 15.5. The summed E-state index contributed by atoms with van der Waals surface area (Å²) in [6.07, 6.45) is 0. The molecule has 7 aromatic carbocycles. The lowest BCUT2D eigenvalue weighted by molar-refractivity contribution is 1.16. The van der Waals surface area contributed by atoms with Crippen molar-refractivity contribution < 1.29 is 0 Å². The van der Waals surface area contributed by atoms with Crippen molar-refractivity contribution in [1.29, 1.82) is 0 Å². The fourth-order valence-corrected chi connectivity index (χ4v) is 11.0. The van der Waals surface area contributed by atoms with Crippen LogP contribution in [0.15, 0.2) is 203 Å². The molecule has 0 aromatic heterocycles. The fraction of sp³-hybridized carbons (Fsp3) is 0. The van der Waals surface area contributed by atoms with Gasteiger partial charge in [0.15, 0.2) is 0 Å². The van der Waals surface area contributed by atoms with Crippen molar-refractivity contribution >= 4 is 64.1 Å². The van der Waals surface area contributed by atoms with E-state index in [4.69, 9.17) is 0 Å². The normalized spacial score (nSPS) is 12.8. The van der Waals surface area contributed by atoms with Gasteiger partial charge in [-0.2, -0.15) is 0 Å². The molecule has 0 fully saturated rings. The van der Waals surface area contributed by atoms with Crippen LogP contribution in [-0.4, -0.2) is 0 Å². The second-order valence-corrected chi connectivity index (χ2v) is 15.6. The van der Waals surface area contributed by atoms with Gasteiger partial charge in [0.1, 0.15) is 0 Å². The molecule has 9 rings (SSSR count). The number of nitrogens with zero attached hydrogens (tertiary/aromatic N) is 1. The van der Waals surface area contributed by atoms with Crippen molar-refractivity contribution in [3.63, 3.8) is 0 Å². The van der Waals surface area contributed by atoms with E-state index in [-0.39, 0.29) is 0 Å². The van der Waals surface area contributed by atoms with Crippen molar-refractivity contribution in [1.82, 2.24) is 0 Å². The number of hydrogen-bond donors (Lipinski definition) is 0. The first-order chi connectivity index (χ1) is 23.3. The van der Waals surface area contributed by atoms with Crippen molar-refractivity contribution in [2.24, 2.45) is 0 Å². The molecule has 0 atom stereocenters. The van der Waals surface area contributed by atoms with Crippen LogP contribution in [-0.2, 0) is 0 Å². The van der Waals surface area contributed by atoms with Crippen molar-refractivity contribution in [2.45, 2.75) is 39.2 Å². The van der Waals surface area contributed by atoms with Gasteiger partial charge in [0.05, 0.1) is 0 Å². The predicted octanol–water partition coefficient (Wildman–Crippen LogP) is 13.7. The third-order valence-corrected chi connectivity index (χ3v) is 13.6. The Balaban J connectivity index is 1.05. The summed E-state index contributed by atoms with van der Waals surface area (Å²) >= 11 is 7.49. The van der Waals surface area contributed by atoms with Gasteiger partial charge >= 0.3 is 0 Å². The number of anilines is 3. The summed E-state index contributed by atoms with van der Waals surface area (Å²) in [5.41, 5.74) is 8.41. The fourth-order valence-electron chi connectivity index (χ4n) is 6.16. The number of para-hydroxylation sites is 1. The van der Waals surface area contributed by atoms with Crippen LogP contribution in [0, 0.1) is 0 Å². The average molecular weight is 674 g/mol. The van der Waals surface area contributed by atoms with Crippen LogP contribution in [0.1, 0.15) is 0 Å². The van der Waals surface area contributed by atoms with Crippen LogP contribution in [0.5, 0.6) is 0 Å². The van der Waals surface area contributed by atoms with Gasteiger partial charge in [-0.3, -0.25) is 0 Å². The molecule has 47 heavy (non-hydrogen) atoms. The molecule has 0 bridgehead atoms. The molecule has 224 valence electrons. The van der Waals surface area contributed by atoms with E-state index in [1.54, 1.807) is 0 Å². The standard InChI is InChI=1S/C42H27NS4/c1-2-10-30(11-3-1)43(31-24-20-28(21-25-31)33-12-8-18-39-41(33)46-37-16-6-4-14-35(37)44-39)32-26-22-29(23-27-32)34-13-9-19-40-42(34)47-38-17-7-5-15-36(38)45-40/h1-27H. The Morgan fingerprint density at radius 1 is 0.277 bits per heavy atom. The van der Waals surface area contributed by atoms with Crippen molar-refractivity contribution in [2.75, 3.05) is 4.90 Å². The zero-order valence-electron chi connectivity index (χ0n) is 25.2. The second-order valence-electron chi connectivity index (χ2n) is 11.3. The summed E-state index contributed by atoms with van der Waals surface area (Å²) in [6.45, 7) is 0. The Morgan fingerprint density at radius 3 is 1.09 bits per heavy atom. The van der Waals surface area contributed by atoms with Gasteiger partial charge < -0.3 is 4.90 Å². The molecule has 0 amide bonds. The van der Waals surface area contributed by atoms with Crippen LogP contribution in [0.25, 0.3) is 22.3 Å². The molecule has 0 saturated carbocycles. The Labute approximate surface area is 292 Å². The Morgan fingerprint density at radius 2 is 0.638 bits per heavy atom. The van der Waals surface area contributed by atoms with E-state index < -0.39 is 0 Å². The van der Waals surface area contributed by atoms with Gasteiger partial charge in [-0.1, -0.05) is 138 Å². The van der Waals surface area contributed by atoms with E-state index >= 15 is 0 Å². The Bertz CT molecular complexity index is 2100. The lowest BCUT2D eigenvalue weighted by Gasteiger charge is -2.26. The van der Waals surface area contributed by atoms with E-state index in [9.17, 15) is 0 Å². The summed E-state index contributed by atoms with van der Waals surface area (Å²) in [7, 11) is 0. The van der Waals surface area contributed by atoms with Gasteiger partial charge in [-0.15, -0.1) is 0 Å². The van der Waals surface area contributed by atoms with Crippen LogP contribution in [0.3, 0.4) is 0 Å². The van der Waals surface area contributed by atoms with E-state index in [1.807, 2.05) is 47.0 Å². The average Bonchev–Trinajstić information content (AvgIpc) is 3.14. The first kappa shape index (κ1) is 28.9. The maximum absolute atomic E-state index is 2.34. The highest BCUT2D eigenvalue weighted by Crippen LogP contribution is 2.53. The van der Waals surface area contributed by atoms with E-state index in [0.717, 1.165) is 17.1 Å². The maximum Gasteiger partial charge on any atom is 0.0462 e. The van der Waals surface area contributed by atoms with E-state index in [2.05, 4.69) is 169 Å². The molecule has 0 radical (unpaired) electrons. The molecule has 2 aliphatic heterocycles. The summed E-state index contributed by atoms with van der Waals surface area (Å²) < 4.78 is 0. The number of fused-ring (bicyclic) bond motifs is 4. The van der Waals surface area contributed by atoms with Gasteiger partial charge in [-0.25, -0.2) is 0 Å². The van der Waals surface area contributed by atoms with Crippen LogP contribution < -0.4 is 4.90 Å². The van der Waals surface area contributed by atoms with Gasteiger partial charge in [0.2, 0.25) is 0 Å². The Hall–Kier alpha value is -4.26. The lowest BCUT2D eigenvalue weighted by Crippen LogP contribution is -2.09. The van der Waals surface area contributed by atoms with Crippen LogP contribution in [0.2, 0.25) is 0 Å². The molecule has 0 saturated heterocycles. The summed E-state index contributed by atoms with van der Waals surface area (Å²) in [5, 5.41) is 0. The molecule has 1 nitrogen and oxygen atoms in total. The minimum Gasteiger partial charge on any atom is -0.311 e. The molecule has 0 aliphatic carbocycles. The highest BCUT2D eigenvalue weighted by molar-refractivity contribution is 8.05. The molecule has 0 spiro atoms. The predicted molar refractivity (Wildman–Crippen MR) is 201 cm³/mol. The highest BCUT2D eigenvalue weighted by atomic mass is 32.2. The van der Waals surface area contributed by atoms with Gasteiger partial charge in [-0.05, 0) is 95.1 Å². The maximum atomic E-state index is 2.34. The Kier molecular flexibility index (Phi) is 7.63. The van der Waals surface area contributed by atoms with Crippen molar-refractivity contribution in [3.05, 3.63) is 164 Å². The lowest BCUT2D eigenvalue weighted by atomic mass is 10.0. The molecular weight excluding hydrogens is 647 g/mol. The minimum atomic E-state index is 1.13. The largest absolute Gasteiger partial charge is 0.311 e. The first-order valence-corrected chi connectivity index (χ1v) is 18.8. The third kappa shape index (κ3) is 5.47. The summed E-state index contributed by atoms with van der Waals surface area (Å²) in [4.78, 5) is 13.0. The topological polar surface area (TPSA) is 3.24 Å². The smallest absolute Gasteiger partial charge is 0.0462 e. The number of benzene rings is 7. The monoisotopic (exact) mass is 673 g/mol. The van der Waals surface area contributed by atoms with Crippen LogP contribution in [0.4, 0.5) is 17.1 Å². The number of rotatable bonds is 5. The highest BCUT2D eigenvalue weighted by Gasteiger charge is 2.22. The molecule has 7 aromatic rings. The SMILES string of the molecule is c1ccc(N(c2ccc(-c3cccc4c3Sc3ccccc3S4)cc2)c2ccc(-c3cccc4c3Sc3ccccc3S4)cc2)cc1. The molecule has 0 N–H and O–H groups in total. The van der Waals surface area contributed by atoms with Crippen molar-refractivity contribution in [3.8, 4) is 22.3 Å². The molecular formula is C42H27NS4. The molecule has 2 heterocycles. The third-order valence-electron chi connectivity index (χ3n) is 8.41. The van der Waals surface area contributed by atoms with Crippen LogP contribution >= 0.6 is 47.0 Å². The van der Waals surface area contributed by atoms with Gasteiger partial charge in [0.25, 0.3) is 0 Å². The quantitative estimate of drug-likeness (QED) is 0.178. The number of hydrogen-bond acceptors (Lipinski definition) is 5. The molecule has 0 unspecified atom stereocenters. The van der Waals surface area contributed by atoms with Gasteiger partial charge in [0, 0.05) is 56.2 Å². The summed E-state index contributed by atoms with van der Waals surface area (Å²) in [5.74, 6) is 0. The zero-order chi connectivity index (χ0) is 31.2. The molecule has 2 aliphatic rings. The summed E-state index contributed by atoms with van der Waals surface area (Å²) in [6, 6.07) is 59.5. The molecule has 5 heteroatoms. The van der Waals surface area contributed by atoms with E-state index in [0.29, 0.717) is 0 Å². The minimum absolute atomic E-state index is 1.13. The second kappa shape index (κ2) is 12.4. The van der Waals surface area contributed by atoms with E-state index in [1.165, 1.54) is 61.4 Å². The zero-order valence-corrected chi connectivity index (χ0v) is 28.4.